The Morgan fingerprint density at radius 3 is 2.60 bits per heavy atom. The minimum absolute atomic E-state index is 0.0591. The molecule has 2 aromatic rings. The quantitative estimate of drug-likeness (QED) is 0.866. The van der Waals surface area contributed by atoms with Crippen molar-refractivity contribution in [3.63, 3.8) is 0 Å². The molecule has 2 rings (SSSR count). The predicted octanol–water partition coefficient (Wildman–Crippen LogP) is 2.64. The molecule has 1 aromatic heterocycles. The van der Waals surface area contributed by atoms with Gasteiger partial charge in [0.05, 0.1) is 0 Å². The van der Waals surface area contributed by atoms with Crippen LogP contribution in [0.25, 0.3) is 11.3 Å². The zero-order valence-corrected chi connectivity index (χ0v) is 9.63. The second kappa shape index (κ2) is 4.01. The number of halogens is 1. The summed E-state index contributed by atoms with van der Waals surface area (Å²) in [5.74, 6) is -0.795. The molecule has 0 atom stereocenters. The third-order valence-corrected chi connectivity index (χ3v) is 2.60. The fraction of sp³-hybridized carbons (Fsp3) is 0. The zero-order valence-electron chi connectivity index (χ0n) is 7.48. The van der Waals surface area contributed by atoms with E-state index in [0.29, 0.717) is 11.3 Å². The van der Waals surface area contributed by atoms with Crippen LogP contribution in [0.15, 0.2) is 35.1 Å². The van der Waals surface area contributed by atoms with Crippen LogP contribution in [0.3, 0.4) is 0 Å². The Bertz CT molecular complexity index is 490. The molecule has 0 spiro atoms. The van der Waals surface area contributed by atoms with Gasteiger partial charge in [-0.2, -0.15) is 0 Å². The summed E-state index contributed by atoms with van der Waals surface area (Å²) >= 11 is 2.17. The number of oxazole rings is 1. The molecular formula is C10H6INO3. The molecule has 0 unspecified atom stereocenters. The van der Waals surface area contributed by atoms with Crippen LogP contribution in [0.2, 0.25) is 0 Å². The predicted molar refractivity (Wildman–Crippen MR) is 61.6 cm³/mol. The van der Waals surface area contributed by atoms with Crippen molar-refractivity contribution >= 4 is 28.6 Å². The molecule has 1 heterocycles. The summed E-state index contributed by atoms with van der Waals surface area (Å²) in [6.45, 7) is 0. The third-order valence-electron chi connectivity index (χ3n) is 1.88. The van der Waals surface area contributed by atoms with Crippen molar-refractivity contribution in [3.05, 3.63) is 39.9 Å². The topological polar surface area (TPSA) is 63.3 Å². The molecule has 5 heteroatoms. The zero-order chi connectivity index (χ0) is 10.8. The molecule has 0 saturated heterocycles. The van der Waals surface area contributed by atoms with Crippen molar-refractivity contribution in [3.8, 4) is 11.3 Å². The lowest BCUT2D eigenvalue weighted by Crippen LogP contribution is -1.98. The van der Waals surface area contributed by atoms with E-state index in [1.165, 1.54) is 0 Å². The lowest BCUT2D eigenvalue weighted by atomic mass is 10.1. The van der Waals surface area contributed by atoms with Crippen LogP contribution in [0.1, 0.15) is 10.5 Å². The van der Waals surface area contributed by atoms with E-state index in [-0.39, 0.29) is 5.69 Å². The number of rotatable bonds is 2. The summed E-state index contributed by atoms with van der Waals surface area (Å²) in [4.78, 5) is 14.4. The second-order valence-electron chi connectivity index (χ2n) is 2.84. The fourth-order valence-electron chi connectivity index (χ4n) is 1.20. The van der Waals surface area contributed by atoms with Crippen molar-refractivity contribution in [2.24, 2.45) is 0 Å². The Balaban J connectivity index is 2.49. The Hall–Kier alpha value is -1.37. The summed E-state index contributed by atoms with van der Waals surface area (Å²) in [5.41, 5.74) is 0.654. The van der Waals surface area contributed by atoms with Gasteiger partial charge in [-0.1, -0.05) is 12.1 Å². The van der Waals surface area contributed by atoms with Gasteiger partial charge in [-0.25, -0.2) is 9.78 Å². The summed E-state index contributed by atoms with van der Waals surface area (Å²) in [5, 5.41) is 8.85. The van der Waals surface area contributed by atoms with Crippen LogP contribution in [-0.2, 0) is 0 Å². The van der Waals surface area contributed by atoms with E-state index >= 15 is 0 Å². The van der Waals surface area contributed by atoms with Gasteiger partial charge >= 0.3 is 5.97 Å². The van der Waals surface area contributed by atoms with Crippen LogP contribution in [0.4, 0.5) is 0 Å². The van der Waals surface area contributed by atoms with Gasteiger partial charge in [0.15, 0.2) is 17.8 Å². The maximum Gasteiger partial charge on any atom is 0.358 e. The Labute approximate surface area is 99.1 Å². The van der Waals surface area contributed by atoms with E-state index in [0.717, 1.165) is 9.96 Å². The van der Waals surface area contributed by atoms with Crippen molar-refractivity contribution in [2.45, 2.75) is 0 Å². The molecule has 0 fully saturated rings. The van der Waals surface area contributed by atoms with Crippen molar-refractivity contribution in [1.29, 1.82) is 0 Å². The van der Waals surface area contributed by atoms with Gasteiger partial charge in [-0.05, 0) is 34.7 Å². The van der Waals surface area contributed by atoms with E-state index in [1.807, 2.05) is 12.1 Å². The second-order valence-corrected chi connectivity index (χ2v) is 4.09. The maximum atomic E-state index is 10.8. The van der Waals surface area contributed by atoms with E-state index in [2.05, 4.69) is 27.6 Å². The highest BCUT2D eigenvalue weighted by molar-refractivity contribution is 14.1. The highest BCUT2D eigenvalue weighted by Gasteiger charge is 2.16. The highest BCUT2D eigenvalue weighted by Crippen LogP contribution is 2.23. The van der Waals surface area contributed by atoms with Crippen LogP contribution in [0, 0.1) is 3.57 Å². The Kier molecular flexibility index (Phi) is 2.72. The largest absolute Gasteiger partial charge is 0.476 e. The van der Waals surface area contributed by atoms with Gasteiger partial charge in [0.2, 0.25) is 0 Å². The average Bonchev–Trinajstić information content (AvgIpc) is 2.67. The summed E-state index contributed by atoms with van der Waals surface area (Å²) in [6, 6.07) is 7.36. The molecule has 0 bridgehead atoms. The van der Waals surface area contributed by atoms with Gasteiger partial charge in [0.25, 0.3) is 0 Å². The minimum atomic E-state index is -1.09. The molecule has 0 saturated carbocycles. The highest BCUT2D eigenvalue weighted by atomic mass is 127. The van der Waals surface area contributed by atoms with Gasteiger partial charge in [-0.15, -0.1) is 0 Å². The lowest BCUT2D eigenvalue weighted by molar-refractivity contribution is 0.0691. The van der Waals surface area contributed by atoms with E-state index in [9.17, 15) is 4.79 Å². The summed E-state index contributed by atoms with van der Waals surface area (Å²) < 4.78 is 6.13. The number of aromatic carboxylic acids is 1. The number of hydrogen-bond donors (Lipinski definition) is 1. The van der Waals surface area contributed by atoms with Gasteiger partial charge in [-0.3, -0.25) is 0 Å². The SMILES string of the molecule is O=C(O)c1ncoc1-c1ccc(I)cc1. The average molecular weight is 315 g/mol. The smallest absolute Gasteiger partial charge is 0.358 e. The monoisotopic (exact) mass is 315 g/mol. The first-order chi connectivity index (χ1) is 7.18. The Morgan fingerprint density at radius 1 is 1.33 bits per heavy atom. The fourth-order valence-corrected chi connectivity index (χ4v) is 1.56. The van der Waals surface area contributed by atoms with Gasteiger partial charge in [0, 0.05) is 9.13 Å². The number of benzene rings is 1. The van der Waals surface area contributed by atoms with Gasteiger partial charge in [0.1, 0.15) is 0 Å². The number of hydrogen-bond acceptors (Lipinski definition) is 3. The first kappa shape index (κ1) is 10.2. The minimum Gasteiger partial charge on any atom is -0.476 e. The molecule has 1 N–H and O–H groups in total. The molecule has 0 aliphatic heterocycles. The molecular weight excluding hydrogens is 309 g/mol. The first-order valence-electron chi connectivity index (χ1n) is 4.11. The molecule has 0 radical (unpaired) electrons. The van der Waals surface area contributed by atoms with E-state index in [1.54, 1.807) is 12.1 Å². The number of carboxylic acid groups (broad SMARTS) is 1. The number of carbonyl (C=O) groups is 1. The van der Waals surface area contributed by atoms with Crippen molar-refractivity contribution in [2.75, 3.05) is 0 Å². The van der Waals surface area contributed by atoms with E-state index < -0.39 is 5.97 Å². The normalized spacial score (nSPS) is 10.2. The van der Waals surface area contributed by atoms with Gasteiger partial charge < -0.3 is 9.52 Å². The molecule has 1 aromatic carbocycles. The number of aromatic nitrogens is 1. The summed E-state index contributed by atoms with van der Waals surface area (Å²) in [7, 11) is 0. The molecule has 0 amide bonds. The van der Waals surface area contributed by atoms with Crippen LogP contribution < -0.4 is 0 Å². The van der Waals surface area contributed by atoms with Crippen LogP contribution >= 0.6 is 22.6 Å². The number of nitrogens with zero attached hydrogens (tertiary/aromatic N) is 1. The van der Waals surface area contributed by atoms with Crippen LogP contribution in [0.5, 0.6) is 0 Å². The molecule has 15 heavy (non-hydrogen) atoms. The first-order valence-corrected chi connectivity index (χ1v) is 5.19. The molecule has 0 aliphatic rings. The summed E-state index contributed by atoms with van der Waals surface area (Å²) in [6.07, 6.45) is 1.14. The Morgan fingerprint density at radius 2 is 2.00 bits per heavy atom. The standard InChI is InChI=1S/C10H6INO3/c11-7-3-1-6(2-4-7)9-8(10(13)14)12-5-15-9/h1-5H,(H,13,14). The van der Waals surface area contributed by atoms with E-state index in [4.69, 9.17) is 9.52 Å². The lowest BCUT2D eigenvalue weighted by Gasteiger charge is -1.97. The third kappa shape index (κ3) is 2.01. The van der Waals surface area contributed by atoms with Crippen molar-refractivity contribution < 1.29 is 14.3 Å². The molecule has 76 valence electrons. The molecule has 4 nitrogen and oxygen atoms in total. The maximum absolute atomic E-state index is 10.8. The number of carboxylic acids is 1. The van der Waals surface area contributed by atoms with Crippen LogP contribution in [-0.4, -0.2) is 16.1 Å². The molecule has 0 aliphatic carbocycles. The van der Waals surface area contributed by atoms with Crippen molar-refractivity contribution in [1.82, 2.24) is 4.98 Å².